The van der Waals surface area contributed by atoms with Crippen LogP contribution in [-0.2, 0) is 9.47 Å². The Morgan fingerprint density at radius 1 is 0.933 bits per heavy atom. The molecular weight excluding hydrogens is 376 g/mol. The summed E-state index contributed by atoms with van der Waals surface area (Å²) >= 11 is 0. The maximum atomic E-state index is 10.4. The van der Waals surface area contributed by atoms with E-state index in [1.807, 2.05) is 0 Å². The van der Waals surface area contributed by atoms with Gasteiger partial charge in [0.15, 0.2) is 10.8 Å². The molecule has 3 aliphatic rings. The topological polar surface area (TPSA) is 114 Å². The van der Waals surface area contributed by atoms with Crippen LogP contribution in [0.25, 0.3) is 0 Å². The molecular formula is C24H34N4O2. The first-order chi connectivity index (χ1) is 14.6. The minimum Gasteiger partial charge on any atom is -0.447 e. The molecule has 4 unspecified atom stereocenters. The number of nitriles is 3. The predicted octanol–water partition coefficient (Wildman–Crippen LogP) is 5.74. The Labute approximate surface area is 180 Å². The highest BCUT2D eigenvalue weighted by Crippen LogP contribution is 2.65. The maximum Gasteiger partial charge on any atom is 0.217 e. The van der Waals surface area contributed by atoms with E-state index in [9.17, 15) is 15.8 Å². The van der Waals surface area contributed by atoms with Gasteiger partial charge in [-0.25, -0.2) is 0 Å². The van der Waals surface area contributed by atoms with Gasteiger partial charge in [0.05, 0.1) is 30.2 Å². The molecule has 0 aromatic rings. The fourth-order valence-electron chi connectivity index (χ4n) is 5.87. The summed E-state index contributed by atoms with van der Waals surface area (Å²) in [4.78, 5) is 0. The zero-order chi connectivity index (χ0) is 21.7. The summed E-state index contributed by atoms with van der Waals surface area (Å²) in [5, 5.41) is 39.6. The number of rotatable bonds is 4. The van der Waals surface area contributed by atoms with Gasteiger partial charge < -0.3 is 9.47 Å². The average molecular weight is 411 g/mol. The Balaban J connectivity index is 2.07. The van der Waals surface area contributed by atoms with Gasteiger partial charge in [-0.2, -0.15) is 15.8 Å². The van der Waals surface area contributed by atoms with Crippen LogP contribution in [0.3, 0.4) is 0 Å². The number of nitrogens with one attached hydrogen (secondary N) is 1. The Kier molecular flexibility index (Phi) is 7.05. The van der Waals surface area contributed by atoms with Crippen molar-refractivity contribution in [2.45, 2.75) is 109 Å². The molecule has 0 radical (unpaired) electrons. The molecule has 30 heavy (non-hydrogen) atoms. The van der Waals surface area contributed by atoms with E-state index in [0.29, 0.717) is 19.3 Å². The molecule has 3 rings (SSSR count). The van der Waals surface area contributed by atoms with Gasteiger partial charge in [0.1, 0.15) is 0 Å². The first-order valence-electron chi connectivity index (χ1n) is 11.8. The molecule has 1 saturated carbocycles. The molecule has 0 aromatic carbocycles. The van der Waals surface area contributed by atoms with Crippen LogP contribution in [0.1, 0.15) is 96.8 Å². The van der Waals surface area contributed by atoms with Crippen molar-refractivity contribution in [3.05, 3.63) is 0 Å². The molecule has 6 nitrogen and oxygen atoms in total. The summed E-state index contributed by atoms with van der Waals surface area (Å²) < 4.78 is 12.7. The van der Waals surface area contributed by atoms with Crippen LogP contribution in [-0.4, -0.2) is 17.8 Å². The standard InChI is InChI=1S/C24H34N4O2/c1-2-3-10-14-20-22(16-25,17-26)23(18-27)19-13-11-8-6-4-5-7-9-12-15-24(19,29-20)30-21(23)28/h19-20,28H,2-15H2,1H3. The molecule has 2 bridgehead atoms. The smallest absolute Gasteiger partial charge is 0.217 e. The van der Waals surface area contributed by atoms with Crippen LogP contribution in [0.5, 0.6) is 0 Å². The monoisotopic (exact) mass is 410 g/mol. The first kappa shape index (κ1) is 22.6. The van der Waals surface area contributed by atoms with E-state index < -0.39 is 28.6 Å². The predicted molar refractivity (Wildman–Crippen MR) is 112 cm³/mol. The molecule has 0 amide bonds. The zero-order valence-electron chi connectivity index (χ0n) is 18.2. The Morgan fingerprint density at radius 3 is 2.17 bits per heavy atom. The van der Waals surface area contributed by atoms with Crippen molar-refractivity contribution >= 4 is 5.90 Å². The highest BCUT2D eigenvalue weighted by molar-refractivity contribution is 5.89. The van der Waals surface area contributed by atoms with Gasteiger partial charge in [-0.3, -0.25) is 5.41 Å². The molecule has 162 valence electrons. The van der Waals surface area contributed by atoms with Gasteiger partial charge in [-0.15, -0.1) is 0 Å². The van der Waals surface area contributed by atoms with Gasteiger partial charge in [-0.05, 0) is 19.3 Å². The lowest BCUT2D eigenvalue weighted by molar-refractivity contribution is -0.286. The molecule has 2 heterocycles. The summed E-state index contributed by atoms with van der Waals surface area (Å²) in [6, 6.07) is 6.66. The van der Waals surface area contributed by atoms with Crippen molar-refractivity contribution in [2.75, 3.05) is 0 Å². The highest BCUT2D eigenvalue weighted by atomic mass is 16.7. The minimum atomic E-state index is -1.71. The molecule has 6 heteroatoms. The van der Waals surface area contributed by atoms with Crippen molar-refractivity contribution in [1.82, 2.24) is 0 Å². The second kappa shape index (κ2) is 9.36. The molecule has 2 aliphatic heterocycles. The van der Waals surface area contributed by atoms with Crippen LogP contribution >= 0.6 is 0 Å². The van der Waals surface area contributed by atoms with Crippen molar-refractivity contribution in [3.63, 3.8) is 0 Å². The third kappa shape index (κ3) is 3.38. The molecule has 4 atom stereocenters. The minimum absolute atomic E-state index is 0.231. The first-order valence-corrected chi connectivity index (χ1v) is 11.8. The largest absolute Gasteiger partial charge is 0.447 e. The quantitative estimate of drug-likeness (QED) is 0.593. The summed E-state index contributed by atoms with van der Waals surface area (Å²) in [5.74, 6) is -1.74. The normalized spacial score (nSPS) is 36.0. The second-order valence-corrected chi connectivity index (χ2v) is 9.22. The average Bonchev–Trinajstić information content (AvgIpc) is 2.92. The summed E-state index contributed by atoms with van der Waals surface area (Å²) in [7, 11) is 0. The molecule has 1 aliphatic carbocycles. The van der Waals surface area contributed by atoms with Gasteiger partial charge in [-0.1, -0.05) is 71.1 Å². The van der Waals surface area contributed by atoms with Crippen molar-refractivity contribution in [3.8, 4) is 18.2 Å². The molecule has 2 saturated heterocycles. The molecule has 3 fully saturated rings. The molecule has 0 aromatic heterocycles. The lowest BCUT2D eigenvalue weighted by Crippen LogP contribution is -2.62. The van der Waals surface area contributed by atoms with E-state index in [0.717, 1.165) is 51.4 Å². The van der Waals surface area contributed by atoms with E-state index in [-0.39, 0.29) is 5.90 Å². The summed E-state index contributed by atoms with van der Waals surface area (Å²) in [6.07, 6.45) is 12.6. The van der Waals surface area contributed by atoms with Crippen LogP contribution in [0.15, 0.2) is 0 Å². The number of unbranched alkanes of at least 4 members (excludes halogenated alkanes) is 2. The van der Waals surface area contributed by atoms with E-state index in [1.54, 1.807) is 0 Å². The lowest BCUT2D eigenvalue weighted by atomic mass is 9.52. The number of nitrogens with zero attached hydrogens (tertiary/aromatic N) is 3. The Hall–Kier alpha value is -2.10. The van der Waals surface area contributed by atoms with E-state index in [2.05, 4.69) is 25.1 Å². The SMILES string of the molecule is CCCCCC1OC23CCCCCCCCCCC2C(C#N)(C(=N)O3)C1(C#N)C#N. The highest BCUT2D eigenvalue weighted by Gasteiger charge is 2.79. The van der Waals surface area contributed by atoms with Gasteiger partial charge in [0, 0.05) is 6.42 Å². The van der Waals surface area contributed by atoms with Crippen molar-refractivity contribution in [1.29, 1.82) is 21.2 Å². The molecule has 1 N–H and O–H groups in total. The van der Waals surface area contributed by atoms with Crippen LogP contribution in [0.4, 0.5) is 0 Å². The summed E-state index contributed by atoms with van der Waals surface area (Å²) in [5.41, 5.74) is -3.27. The fraction of sp³-hybridized carbons (Fsp3) is 0.833. The second-order valence-electron chi connectivity index (χ2n) is 9.22. The third-order valence-electron chi connectivity index (χ3n) is 7.50. The third-order valence-corrected chi connectivity index (χ3v) is 7.50. The van der Waals surface area contributed by atoms with Crippen LogP contribution in [0, 0.1) is 56.2 Å². The number of hydrogen-bond acceptors (Lipinski definition) is 6. The van der Waals surface area contributed by atoms with Gasteiger partial charge in [0.2, 0.25) is 11.7 Å². The van der Waals surface area contributed by atoms with Crippen molar-refractivity contribution in [2.24, 2.45) is 16.7 Å². The van der Waals surface area contributed by atoms with E-state index >= 15 is 0 Å². The van der Waals surface area contributed by atoms with Crippen molar-refractivity contribution < 1.29 is 9.47 Å². The summed E-state index contributed by atoms with van der Waals surface area (Å²) in [6.45, 7) is 2.10. The number of ether oxygens (including phenoxy) is 2. The molecule has 0 spiro atoms. The fourth-order valence-corrected chi connectivity index (χ4v) is 5.87. The van der Waals surface area contributed by atoms with Crippen LogP contribution < -0.4 is 0 Å². The van der Waals surface area contributed by atoms with E-state index in [1.165, 1.54) is 19.3 Å². The van der Waals surface area contributed by atoms with Gasteiger partial charge in [0.25, 0.3) is 0 Å². The Bertz CT molecular complexity index is 747. The zero-order valence-corrected chi connectivity index (χ0v) is 18.2. The lowest BCUT2D eigenvalue weighted by Gasteiger charge is -2.50. The maximum absolute atomic E-state index is 10.4. The Morgan fingerprint density at radius 2 is 1.57 bits per heavy atom. The number of hydrogen-bond donors (Lipinski definition) is 1. The van der Waals surface area contributed by atoms with Gasteiger partial charge >= 0.3 is 0 Å². The van der Waals surface area contributed by atoms with E-state index in [4.69, 9.17) is 14.9 Å². The van der Waals surface area contributed by atoms with Crippen LogP contribution in [0.2, 0.25) is 0 Å².